The number of nitrogens with zero attached hydrogens (tertiary/aromatic N) is 5. The Balaban J connectivity index is 1.21. The zero-order valence-corrected chi connectivity index (χ0v) is 30.5. The third-order valence-electron chi connectivity index (χ3n) is 11.9. The van der Waals surface area contributed by atoms with Gasteiger partial charge in [-0.1, -0.05) is 12.0 Å². The molecule has 1 aromatic heterocycles. The van der Waals surface area contributed by atoms with E-state index < -0.39 is 11.6 Å². The summed E-state index contributed by atoms with van der Waals surface area (Å²) in [6, 6.07) is 8.05. The van der Waals surface area contributed by atoms with Crippen LogP contribution in [0.3, 0.4) is 0 Å². The molecular weight excluding hydrogens is 676 g/mol. The highest BCUT2D eigenvalue weighted by Gasteiger charge is 2.49. The van der Waals surface area contributed by atoms with Gasteiger partial charge in [0.25, 0.3) is 0 Å². The molecule has 2 atom stereocenters. The molecule has 0 amide bonds. The Morgan fingerprint density at radius 2 is 1.94 bits per heavy atom. The monoisotopic (exact) mass is 723 g/mol. The summed E-state index contributed by atoms with van der Waals surface area (Å²) in [5.41, 5.74) is 0.437. The number of benzene rings is 2. The normalized spacial score (nSPS) is 22.3. The molecule has 3 N–H and O–H groups in total. The number of nitrogens with one attached hydrogen (secondary N) is 2. The number of ether oxygens (including phenoxy) is 2. The first-order valence-electron chi connectivity index (χ1n) is 18.5. The van der Waals surface area contributed by atoms with E-state index in [1.807, 2.05) is 7.05 Å². The molecule has 2 aromatic carbocycles. The maximum atomic E-state index is 17.2. The highest BCUT2D eigenvalue weighted by atomic mass is 19.1. The van der Waals surface area contributed by atoms with Crippen LogP contribution < -0.4 is 15.4 Å². The number of hydrogen-bond acceptors (Lipinski definition) is 9. The number of terminal acetylenes is 1. The van der Waals surface area contributed by atoms with Crippen LogP contribution in [-0.4, -0.2) is 86.8 Å². The summed E-state index contributed by atoms with van der Waals surface area (Å²) in [5, 5.41) is 27.4. The Labute approximate surface area is 309 Å². The number of nitriles is 1. The molecule has 2 aliphatic carbocycles. The molecule has 4 fully saturated rings. The number of halogens is 2. The maximum Gasteiger partial charge on any atom is 0.316 e. The van der Waals surface area contributed by atoms with Gasteiger partial charge in [0.15, 0.2) is 5.82 Å². The summed E-state index contributed by atoms with van der Waals surface area (Å²) < 4.78 is 44.3. The summed E-state index contributed by atoms with van der Waals surface area (Å²) in [4.78, 5) is 15.9. The number of aliphatic imine (C=N–C) groups is 2. The summed E-state index contributed by atoms with van der Waals surface area (Å²) in [6.45, 7) is 7.77. The lowest BCUT2D eigenvalue weighted by Gasteiger charge is -2.50. The van der Waals surface area contributed by atoms with Gasteiger partial charge in [0.2, 0.25) is 5.88 Å². The fourth-order valence-electron chi connectivity index (χ4n) is 8.78. The molecule has 2 unspecified atom stereocenters. The van der Waals surface area contributed by atoms with E-state index in [-0.39, 0.29) is 69.0 Å². The molecule has 4 aliphatic rings. The average Bonchev–Trinajstić information content (AvgIpc) is 3.77. The number of phenolic OH excluding ortho intramolecular Hbond substituents is 1. The van der Waals surface area contributed by atoms with Crippen molar-refractivity contribution in [3.05, 3.63) is 47.0 Å². The number of methoxy groups -OCH3 is 1. The van der Waals surface area contributed by atoms with E-state index in [2.05, 4.69) is 49.2 Å². The van der Waals surface area contributed by atoms with Crippen molar-refractivity contribution >= 4 is 29.2 Å². The Bertz CT molecular complexity index is 2000. The molecule has 53 heavy (non-hydrogen) atoms. The third kappa shape index (κ3) is 7.46. The number of fused-ring (bicyclic) bond motifs is 1. The predicted molar refractivity (Wildman–Crippen MR) is 202 cm³/mol. The molecule has 1 spiro atoms. The van der Waals surface area contributed by atoms with Crippen LogP contribution in [-0.2, 0) is 11.2 Å². The van der Waals surface area contributed by atoms with Crippen LogP contribution in [0.2, 0.25) is 0 Å². The molecule has 0 bridgehead atoms. The lowest BCUT2D eigenvalue weighted by atomic mass is 9.58. The second-order valence-electron chi connectivity index (χ2n) is 15.5. The number of hydrogen-bond donors (Lipinski definition) is 3. The number of likely N-dealkylation sites (tertiary alicyclic amines) is 1. The summed E-state index contributed by atoms with van der Waals surface area (Å²) in [6.07, 6.45) is 14.2. The fourth-order valence-corrected chi connectivity index (χ4v) is 8.78. The maximum absolute atomic E-state index is 17.2. The standard InChI is InChI=1S/C41H47F2N7O3/c1-5-30-33(42)9-6-26-16-29(51)18-31(34(26)30)36-35(43)37(32(38(48-36)52-4)17-27-7-8-28(47-27)22-45-2)49-39(46-3)53-24-41(10-11-41)23-50-14-12-40(13-15-50)19-25(20-40)21-44/h1,6,9,16,18,25,27-28,45,47,51H,3,7-8,10-15,17,19-20,22-24H2,2,4H3. The van der Waals surface area contributed by atoms with Crippen molar-refractivity contribution in [1.82, 2.24) is 20.5 Å². The molecular formula is C41H47F2N7O3. The quantitative estimate of drug-likeness (QED) is 0.120. The largest absolute Gasteiger partial charge is 0.508 e. The molecule has 2 aliphatic heterocycles. The minimum absolute atomic E-state index is 0.00261. The minimum Gasteiger partial charge on any atom is -0.508 e. The summed E-state index contributed by atoms with van der Waals surface area (Å²) in [7, 11) is 3.36. The first-order chi connectivity index (χ1) is 25.6. The topological polar surface area (TPSA) is 127 Å². The Kier molecular flexibility index (Phi) is 10.4. The minimum atomic E-state index is -0.813. The van der Waals surface area contributed by atoms with Crippen molar-refractivity contribution in [1.29, 1.82) is 5.26 Å². The van der Waals surface area contributed by atoms with Gasteiger partial charge in [-0.3, -0.25) is 0 Å². The van der Waals surface area contributed by atoms with E-state index in [9.17, 15) is 10.4 Å². The van der Waals surface area contributed by atoms with Crippen LogP contribution in [0, 0.1) is 52.1 Å². The lowest BCUT2D eigenvalue weighted by molar-refractivity contribution is -0.00149. The van der Waals surface area contributed by atoms with Crippen LogP contribution >= 0.6 is 0 Å². The third-order valence-corrected chi connectivity index (χ3v) is 11.9. The molecule has 2 saturated carbocycles. The van der Waals surface area contributed by atoms with Gasteiger partial charge < -0.3 is 30.1 Å². The Morgan fingerprint density at radius 1 is 1.19 bits per heavy atom. The van der Waals surface area contributed by atoms with Gasteiger partial charge in [-0.25, -0.2) is 18.8 Å². The van der Waals surface area contributed by atoms with Gasteiger partial charge in [0.05, 0.1) is 25.3 Å². The van der Waals surface area contributed by atoms with Crippen LogP contribution in [0.1, 0.15) is 62.5 Å². The molecule has 278 valence electrons. The highest BCUT2D eigenvalue weighted by Crippen LogP contribution is 2.54. The number of amidine groups is 1. The van der Waals surface area contributed by atoms with Gasteiger partial charge >= 0.3 is 6.02 Å². The second-order valence-corrected chi connectivity index (χ2v) is 15.5. The van der Waals surface area contributed by atoms with Gasteiger partial charge in [0.1, 0.15) is 22.9 Å². The zero-order valence-electron chi connectivity index (χ0n) is 30.5. The van der Waals surface area contributed by atoms with Gasteiger partial charge in [0, 0.05) is 53.0 Å². The van der Waals surface area contributed by atoms with Crippen molar-refractivity contribution in [2.75, 3.05) is 46.9 Å². The van der Waals surface area contributed by atoms with Gasteiger partial charge in [-0.05, 0) is 114 Å². The number of pyridine rings is 1. The molecule has 10 nitrogen and oxygen atoms in total. The van der Waals surface area contributed by atoms with Gasteiger partial charge in [-0.15, -0.1) is 6.42 Å². The predicted octanol–water partition coefficient (Wildman–Crippen LogP) is 6.26. The van der Waals surface area contributed by atoms with Crippen molar-refractivity contribution in [2.45, 2.75) is 69.9 Å². The fraction of sp³-hybridized carbons (Fsp3) is 0.512. The van der Waals surface area contributed by atoms with Gasteiger partial charge in [-0.2, -0.15) is 10.3 Å². The van der Waals surface area contributed by atoms with Crippen molar-refractivity contribution in [3.8, 4) is 41.3 Å². The zero-order chi connectivity index (χ0) is 37.3. The van der Waals surface area contributed by atoms with E-state index in [4.69, 9.17) is 15.9 Å². The molecule has 7 rings (SSSR count). The molecule has 3 heterocycles. The number of rotatable bonds is 11. The van der Waals surface area contributed by atoms with Crippen molar-refractivity contribution < 1.29 is 23.4 Å². The molecule has 3 aromatic rings. The first kappa shape index (κ1) is 36.7. The highest BCUT2D eigenvalue weighted by molar-refractivity contribution is 6.01. The first-order valence-corrected chi connectivity index (χ1v) is 18.5. The molecule has 12 heteroatoms. The molecule has 0 radical (unpaired) electrons. The van der Waals surface area contributed by atoms with Crippen LogP contribution in [0.4, 0.5) is 14.5 Å². The Morgan fingerprint density at radius 3 is 2.60 bits per heavy atom. The number of aromatic hydroxyl groups is 1. The number of piperidine rings is 1. The van der Waals surface area contributed by atoms with E-state index in [0.29, 0.717) is 29.4 Å². The Hall–Kier alpha value is -4.62. The number of phenols is 1. The van der Waals surface area contributed by atoms with E-state index in [1.54, 1.807) is 0 Å². The van der Waals surface area contributed by atoms with Crippen molar-refractivity contribution in [3.63, 3.8) is 0 Å². The molecule has 2 saturated heterocycles. The van der Waals surface area contributed by atoms with E-state index in [0.717, 1.165) is 77.5 Å². The van der Waals surface area contributed by atoms with Crippen LogP contribution in [0.25, 0.3) is 22.0 Å². The summed E-state index contributed by atoms with van der Waals surface area (Å²) in [5.74, 6) is 1.09. The van der Waals surface area contributed by atoms with E-state index >= 15 is 8.78 Å². The number of likely N-dealkylation sites (N-methyl/N-ethyl adjacent to an activating group) is 1. The van der Waals surface area contributed by atoms with Crippen LogP contribution in [0.5, 0.6) is 11.6 Å². The van der Waals surface area contributed by atoms with Crippen molar-refractivity contribution in [2.24, 2.45) is 26.7 Å². The van der Waals surface area contributed by atoms with E-state index in [1.165, 1.54) is 31.4 Å². The summed E-state index contributed by atoms with van der Waals surface area (Å²) >= 11 is 0. The second kappa shape index (κ2) is 15.0. The SMILES string of the molecule is C#Cc1c(F)ccc2cc(O)cc(-c3nc(OC)c(CC4CCC(CNC)N4)c(N=C(N=C)OCC4(CN5CCC6(CC5)CC(C#N)C6)CC4)c3F)c12. The smallest absolute Gasteiger partial charge is 0.316 e. The number of aromatic nitrogens is 1. The average molecular weight is 724 g/mol. The lowest BCUT2D eigenvalue weighted by Crippen LogP contribution is -2.48. The van der Waals surface area contributed by atoms with Crippen LogP contribution in [0.15, 0.2) is 34.3 Å².